The van der Waals surface area contributed by atoms with Gasteiger partial charge >= 0.3 is 0 Å². The van der Waals surface area contributed by atoms with Crippen LogP contribution in [0.4, 0.5) is 0 Å². The Morgan fingerprint density at radius 2 is 2.17 bits per heavy atom. The minimum absolute atomic E-state index is 0.0400. The van der Waals surface area contributed by atoms with Crippen LogP contribution in [0, 0.1) is 12.8 Å². The van der Waals surface area contributed by atoms with Crippen LogP contribution < -0.4 is 0 Å². The fraction of sp³-hybridized carbons (Fsp3) is 0.727. The second-order valence-electron chi connectivity index (χ2n) is 5.21. The van der Waals surface area contributed by atoms with Crippen LogP contribution in [0.25, 0.3) is 0 Å². The van der Waals surface area contributed by atoms with Crippen LogP contribution in [0.1, 0.15) is 25.3 Å². The van der Waals surface area contributed by atoms with E-state index < -0.39 is 15.6 Å². The third-order valence-corrected chi connectivity index (χ3v) is 5.08. The molecule has 7 heteroatoms. The average Bonchev–Trinajstić information content (AvgIpc) is 2.57. The van der Waals surface area contributed by atoms with E-state index in [1.54, 1.807) is 13.0 Å². The number of aliphatic hydroxyl groups is 1. The Bertz CT molecular complexity index is 529. The number of aromatic nitrogens is 1. The normalized spacial score (nSPS) is 20.1. The molecule has 1 aliphatic heterocycles. The van der Waals surface area contributed by atoms with Crippen LogP contribution in [-0.4, -0.2) is 41.7 Å². The van der Waals surface area contributed by atoms with E-state index in [2.05, 4.69) is 5.16 Å². The maximum absolute atomic E-state index is 12.0. The molecule has 2 rings (SSSR count). The van der Waals surface area contributed by atoms with Crippen LogP contribution in [0.5, 0.6) is 0 Å². The number of nitrogens with zero attached hydrogens (tertiary/aromatic N) is 2. The third kappa shape index (κ3) is 2.43. The lowest BCUT2D eigenvalue weighted by atomic mass is 9.85. The first kappa shape index (κ1) is 13.5. The third-order valence-electron chi connectivity index (χ3n) is 3.38. The highest BCUT2D eigenvalue weighted by atomic mass is 32.2. The van der Waals surface area contributed by atoms with E-state index in [-0.39, 0.29) is 24.8 Å². The van der Waals surface area contributed by atoms with Crippen molar-refractivity contribution in [3.05, 3.63) is 17.5 Å². The summed E-state index contributed by atoms with van der Waals surface area (Å²) in [5, 5.41) is 13.7. The largest absolute Gasteiger partial charge is 0.387 e. The Labute approximate surface area is 107 Å². The van der Waals surface area contributed by atoms with Gasteiger partial charge in [0.25, 0.3) is 0 Å². The average molecular weight is 274 g/mol. The molecule has 0 spiro atoms. The Balaban J connectivity index is 2.02. The van der Waals surface area contributed by atoms with Gasteiger partial charge in [0.15, 0.2) is 0 Å². The van der Waals surface area contributed by atoms with Crippen molar-refractivity contribution in [1.29, 1.82) is 0 Å². The molecule has 0 unspecified atom stereocenters. The van der Waals surface area contributed by atoms with Gasteiger partial charge in [0.1, 0.15) is 17.2 Å². The molecular formula is C11H18N2O4S. The van der Waals surface area contributed by atoms with E-state index in [0.717, 1.165) is 0 Å². The Kier molecular flexibility index (Phi) is 3.25. The standard InChI is InChI=1S/C11H18N2O4S/c1-8(2)11(14)6-13(7-11)18(15,16)5-10-4-9(3)17-12-10/h4,8,14H,5-7H2,1-3H3. The molecule has 102 valence electrons. The second-order valence-corrected chi connectivity index (χ2v) is 7.18. The lowest BCUT2D eigenvalue weighted by Crippen LogP contribution is -2.65. The SMILES string of the molecule is Cc1cc(CS(=O)(=O)N2CC(O)(C(C)C)C2)no1. The molecule has 1 saturated heterocycles. The smallest absolute Gasteiger partial charge is 0.220 e. The highest BCUT2D eigenvalue weighted by Crippen LogP contribution is 2.31. The summed E-state index contributed by atoms with van der Waals surface area (Å²) in [6.45, 7) is 5.79. The molecule has 0 bridgehead atoms. The van der Waals surface area contributed by atoms with Gasteiger partial charge in [0.05, 0.1) is 5.60 Å². The van der Waals surface area contributed by atoms with Crippen molar-refractivity contribution in [3.8, 4) is 0 Å². The summed E-state index contributed by atoms with van der Waals surface area (Å²) < 4.78 is 30.2. The maximum Gasteiger partial charge on any atom is 0.220 e. The number of aryl methyl sites for hydroxylation is 1. The van der Waals surface area contributed by atoms with Crippen molar-refractivity contribution >= 4 is 10.0 Å². The summed E-state index contributed by atoms with van der Waals surface area (Å²) in [5.74, 6) is 0.444. The predicted molar refractivity (Wildman–Crippen MR) is 65.2 cm³/mol. The summed E-state index contributed by atoms with van der Waals surface area (Å²) in [6.07, 6.45) is 0. The first-order valence-corrected chi connectivity index (χ1v) is 7.46. The topological polar surface area (TPSA) is 83.6 Å². The summed E-state index contributed by atoms with van der Waals surface area (Å²) >= 11 is 0. The molecule has 0 atom stereocenters. The van der Waals surface area contributed by atoms with Crippen molar-refractivity contribution in [2.45, 2.75) is 32.1 Å². The van der Waals surface area contributed by atoms with Crippen molar-refractivity contribution in [1.82, 2.24) is 9.46 Å². The van der Waals surface area contributed by atoms with Gasteiger partial charge < -0.3 is 9.63 Å². The molecule has 1 aromatic heterocycles. The van der Waals surface area contributed by atoms with E-state index in [4.69, 9.17) is 4.52 Å². The zero-order valence-corrected chi connectivity index (χ0v) is 11.6. The van der Waals surface area contributed by atoms with Crippen LogP contribution in [-0.2, 0) is 15.8 Å². The van der Waals surface area contributed by atoms with Crippen LogP contribution in [0.15, 0.2) is 10.6 Å². The first-order chi connectivity index (χ1) is 8.23. The van der Waals surface area contributed by atoms with E-state index in [1.807, 2.05) is 13.8 Å². The number of rotatable bonds is 4. The van der Waals surface area contributed by atoms with E-state index >= 15 is 0 Å². The zero-order chi connectivity index (χ0) is 13.6. The Hall–Kier alpha value is -0.920. The van der Waals surface area contributed by atoms with Gasteiger partial charge in [-0.15, -0.1) is 0 Å². The highest BCUT2D eigenvalue weighted by molar-refractivity contribution is 7.88. The van der Waals surface area contributed by atoms with Crippen molar-refractivity contribution in [2.24, 2.45) is 5.92 Å². The summed E-state index contributed by atoms with van der Waals surface area (Å²) in [7, 11) is -3.42. The van der Waals surface area contributed by atoms with Gasteiger partial charge in [-0.1, -0.05) is 19.0 Å². The second kappa shape index (κ2) is 4.32. The molecule has 0 saturated carbocycles. The number of sulfonamides is 1. The van der Waals surface area contributed by atoms with Crippen LogP contribution >= 0.6 is 0 Å². The minimum Gasteiger partial charge on any atom is -0.387 e. The first-order valence-electron chi connectivity index (χ1n) is 5.85. The zero-order valence-electron chi connectivity index (χ0n) is 10.8. The highest BCUT2D eigenvalue weighted by Gasteiger charge is 2.48. The summed E-state index contributed by atoms with van der Waals surface area (Å²) in [6, 6.07) is 1.60. The molecule has 1 fully saturated rings. The molecular weight excluding hydrogens is 256 g/mol. The van der Waals surface area contributed by atoms with Crippen molar-refractivity contribution < 1.29 is 18.0 Å². The monoisotopic (exact) mass is 274 g/mol. The van der Waals surface area contributed by atoms with Gasteiger partial charge in [-0.05, 0) is 12.8 Å². The fourth-order valence-electron chi connectivity index (χ4n) is 1.89. The molecule has 0 radical (unpaired) electrons. The number of hydrogen-bond acceptors (Lipinski definition) is 5. The van der Waals surface area contributed by atoms with Gasteiger partial charge in [0.2, 0.25) is 10.0 Å². The quantitative estimate of drug-likeness (QED) is 0.865. The van der Waals surface area contributed by atoms with E-state index in [1.165, 1.54) is 4.31 Å². The van der Waals surface area contributed by atoms with Crippen molar-refractivity contribution in [2.75, 3.05) is 13.1 Å². The lowest BCUT2D eigenvalue weighted by Gasteiger charge is -2.47. The van der Waals surface area contributed by atoms with Gasteiger partial charge in [-0.3, -0.25) is 0 Å². The van der Waals surface area contributed by atoms with Crippen molar-refractivity contribution in [3.63, 3.8) is 0 Å². The number of β-amino-alcohol motifs (C(OH)–C–C–N with tert-alkyl or cyclic N) is 1. The van der Waals surface area contributed by atoms with Crippen LogP contribution in [0.2, 0.25) is 0 Å². The Morgan fingerprint density at radius 1 is 1.56 bits per heavy atom. The van der Waals surface area contributed by atoms with E-state index in [9.17, 15) is 13.5 Å². The van der Waals surface area contributed by atoms with Crippen LogP contribution in [0.3, 0.4) is 0 Å². The molecule has 2 heterocycles. The minimum atomic E-state index is -3.42. The fourth-order valence-corrected chi connectivity index (χ4v) is 3.42. The maximum atomic E-state index is 12.0. The Morgan fingerprint density at radius 3 is 2.61 bits per heavy atom. The van der Waals surface area contributed by atoms with E-state index in [0.29, 0.717) is 11.5 Å². The molecule has 1 aliphatic rings. The molecule has 0 amide bonds. The number of hydrogen-bond donors (Lipinski definition) is 1. The molecule has 1 aromatic rings. The van der Waals surface area contributed by atoms with Gasteiger partial charge in [0, 0.05) is 19.2 Å². The molecule has 0 aliphatic carbocycles. The summed E-state index contributed by atoms with van der Waals surface area (Å²) in [5.41, 5.74) is -0.500. The molecule has 18 heavy (non-hydrogen) atoms. The molecule has 6 nitrogen and oxygen atoms in total. The molecule has 0 aromatic carbocycles. The summed E-state index contributed by atoms with van der Waals surface area (Å²) in [4.78, 5) is 0. The molecule has 1 N–H and O–H groups in total. The lowest BCUT2D eigenvalue weighted by molar-refractivity contribution is -0.0933. The van der Waals surface area contributed by atoms with Gasteiger partial charge in [-0.2, -0.15) is 4.31 Å². The predicted octanol–water partition coefficient (Wildman–Crippen LogP) is 0.516. The van der Waals surface area contributed by atoms with Gasteiger partial charge in [-0.25, -0.2) is 8.42 Å².